The Bertz CT molecular complexity index is 3320. The number of aliphatic carboxylic acids is 1. The first-order valence-electron chi connectivity index (χ1n) is 30.3. The molecule has 5 aromatic carbocycles. The Labute approximate surface area is 534 Å². The molecule has 0 spiro atoms. The van der Waals surface area contributed by atoms with Crippen LogP contribution in [0.4, 0.5) is 22.7 Å². The van der Waals surface area contributed by atoms with Gasteiger partial charge in [-0.1, -0.05) is 36.8 Å². The Morgan fingerprint density at radius 2 is 0.663 bits per heavy atom. The molecule has 0 fully saturated rings. The van der Waals surface area contributed by atoms with Crippen molar-refractivity contribution in [2.45, 2.75) is 114 Å². The number of carboxylic acid groups (broad SMARTS) is 1. The molecule has 19 N–H and O–H groups in total. The van der Waals surface area contributed by atoms with Gasteiger partial charge in [0.25, 0.3) is 23.6 Å². The normalized spacial score (nSPS) is 12.5. The molecule has 0 unspecified atom stereocenters. The van der Waals surface area contributed by atoms with Crippen LogP contribution in [0.15, 0.2) is 103 Å². The van der Waals surface area contributed by atoms with Crippen LogP contribution in [-0.2, 0) is 30.4 Å². The number of carboxylic acids is 1. The molecule has 0 aliphatic heterocycles. The Kier molecular flexibility index (Phi) is 30.3. The van der Waals surface area contributed by atoms with Crippen molar-refractivity contribution in [2.75, 3.05) is 75.9 Å². The van der Waals surface area contributed by atoms with Gasteiger partial charge in [-0.05, 0) is 175 Å². The van der Waals surface area contributed by atoms with Gasteiger partial charge in [-0.3, -0.25) is 38.4 Å². The molecular weight excluding hydrogens is 1190 g/mol. The molecule has 5 atom stereocenters. The summed E-state index contributed by atoms with van der Waals surface area (Å²) in [6, 6.07) is 20.4. The highest BCUT2D eigenvalue weighted by Gasteiger charge is 2.30. The van der Waals surface area contributed by atoms with Crippen LogP contribution >= 0.6 is 0 Å². The minimum Gasteiger partial charge on any atom is -0.496 e. The van der Waals surface area contributed by atoms with E-state index in [1.807, 2.05) is 0 Å². The van der Waals surface area contributed by atoms with E-state index >= 15 is 0 Å². The average Bonchev–Trinajstić information content (AvgIpc) is 1.23. The molecule has 0 radical (unpaired) electrons. The quantitative estimate of drug-likeness (QED) is 0.0246. The lowest BCUT2D eigenvalue weighted by atomic mass is 10.0. The maximum atomic E-state index is 14.3. The number of methoxy groups -OCH3 is 4. The van der Waals surface area contributed by atoms with E-state index in [1.165, 1.54) is 95.2 Å². The number of benzene rings is 5. The first kappa shape index (κ1) is 73.1. The number of nitrogens with one attached hydrogen (secondary N) is 8. The third-order valence-electron chi connectivity index (χ3n) is 14.7. The van der Waals surface area contributed by atoms with Crippen LogP contribution in [0.3, 0.4) is 0 Å². The molecule has 496 valence electrons. The minimum atomic E-state index is -1.30. The number of carbonyl (C=O) groups excluding carboxylic acids is 8. The lowest BCUT2D eigenvalue weighted by Crippen LogP contribution is -2.44. The van der Waals surface area contributed by atoms with Gasteiger partial charge < -0.3 is 95.3 Å². The van der Waals surface area contributed by atoms with Crippen molar-refractivity contribution in [3.05, 3.63) is 131 Å². The van der Waals surface area contributed by atoms with E-state index in [1.54, 1.807) is 36.4 Å². The molecule has 5 rings (SSSR count). The zero-order chi connectivity index (χ0) is 67.1. The average molecular weight is 1270 g/mol. The topological polar surface area (TPSA) is 437 Å². The van der Waals surface area contributed by atoms with E-state index in [-0.39, 0.29) is 93.7 Å². The van der Waals surface area contributed by atoms with Crippen molar-refractivity contribution in [2.24, 2.45) is 28.7 Å². The summed E-state index contributed by atoms with van der Waals surface area (Å²) in [5, 5.41) is 31.9. The number of ether oxygens (including phenoxy) is 4. The lowest BCUT2D eigenvalue weighted by molar-refractivity contribution is -0.139. The molecule has 0 heterocycles. The summed E-state index contributed by atoms with van der Waals surface area (Å²) in [4.78, 5) is 124. The van der Waals surface area contributed by atoms with Crippen LogP contribution in [0.25, 0.3) is 0 Å². The highest BCUT2D eigenvalue weighted by Crippen LogP contribution is 2.29. The monoisotopic (exact) mass is 1270 g/mol. The second-order valence-corrected chi connectivity index (χ2v) is 21.5. The second-order valence-electron chi connectivity index (χ2n) is 21.5. The Morgan fingerprint density at radius 3 is 0.946 bits per heavy atom. The fraction of sp³-hybridized carbons (Fsp3) is 0.400. The molecule has 0 bridgehead atoms. The molecular formula is C65H87N13O14. The van der Waals surface area contributed by atoms with Gasteiger partial charge >= 0.3 is 5.97 Å². The van der Waals surface area contributed by atoms with Crippen molar-refractivity contribution in [3.63, 3.8) is 0 Å². The van der Waals surface area contributed by atoms with E-state index in [2.05, 4.69) is 42.5 Å². The highest BCUT2D eigenvalue weighted by atomic mass is 16.5. The molecule has 5 aromatic rings. The lowest BCUT2D eigenvalue weighted by Gasteiger charge is -2.22. The number of carbonyl (C=O) groups is 9. The Hall–Kier alpha value is -9.67. The molecule has 27 heteroatoms. The molecule has 0 aliphatic carbocycles. The number of rotatable bonds is 39. The summed E-state index contributed by atoms with van der Waals surface area (Å²) in [5.74, 6) is -6.27. The van der Waals surface area contributed by atoms with Crippen molar-refractivity contribution in [3.8, 4) is 23.0 Å². The zero-order valence-corrected chi connectivity index (χ0v) is 52.4. The fourth-order valence-electron chi connectivity index (χ4n) is 9.69. The standard InChI is InChI=1S/C65H87N13O14/c1-89-53-26-22-40(71-61(83)48(70)18-8-12-30-66)35-44(53)57(79)75-49(19-9-13-31-67)62(84)72-41-23-27-54(90-2)45(36-41)58(80)76-50(20-10-14-32-68)63(85)73-42-24-28-55(91-3)46(37-42)59(81)77-51(21-11-15-33-69)64(86)74-43-25-29-56(92-4)47(38-43)60(82)78-52(65(87)88)34-39-16-6-5-7-17-39/h5-7,16-17,22-29,35-38,48-52H,8-15,18-21,30-34,66-70H2,1-4H3,(H,71,83)(H,72,84)(H,73,85)(H,74,86)(H,75,79)(H,76,80)(H,77,81)(H,78,82)(H,87,88)/t48-,49-,50-,51-,52+/m0/s1. The van der Waals surface area contributed by atoms with E-state index < -0.39 is 83.4 Å². The van der Waals surface area contributed by atoms with Gasteiger partial charge in [0, 0.05) is 29.2 Å². The summed E-state index contributed by atoms with van der Waals surface area (Å²) in [5.41, 5.74) is 30.2. The third-order valence-corrected chi connectivity index (χ3v) is 14.7. The SMILES string of the molecule is COc1ccc(NC(=O)[C@H](CCCCN)NC(=O)c2cc(NC(=O)[C@@H](N)CCCCN)ccc2OC)cc1C(=O)N[C@@H](CCCCN)C(=O)Nc1ccc(OC)c(C(=O)N[C@@H](CCCCN)C(=O)Nc2ccc(OC)c(C(=O)N[C@H](Cc3ccccc3)C(=O)O)c2)c1. The van der Waals surface area contributed by atoms with Crippen molar-refractivity contribution >= 4 is 76.0 Å². The van der Waals surface area contributed by atoms with Gasteiger partial charge in [0.2, 0.25) is 23.6 Å². The maximum Gasteiger partial charge on any atom is 0.326 e. The molecule has 0 aromatic heterocycles. The van der Waals surface area contributed by atoms with E-state index in [0.717, 1.165) is 0 Å². The Morgan fingerprint density at radius 1 is 0.380 bits per heavy atom. The number of nitrogens with two attached hydrogens (primary N) is 5. The van der Waals surface area contributed by atoms with Gasteiger partial charge in [-0.25, -0.2) is 4.79 Å². The molecule has 92 heavy (non-hydrogen) atoms. The van der Waals surface area contributed by atoms with Crippen molar-refractivity contribution in [1.29, 1.82) is 0 Å². The summed E-state index contributed by atoms with van der Waals surface area (Å²) in [7, 11) is 5.37. The van der Waals surface area contributed by atoms with E-state index in [0.29, 0.717) is 89.5 Å². The van der Waals surface area contributed by atoms with Gasteiger partial charge in [0.15, 0.2) is 0 Å². The van der Waals surface area contributed by atoms with Crippen molar-refractivity contribution < 1.29 is 67.2 Å². The van der Waals surface area contributed by atoms with Gasteiger partial charge in [-0.15, -0.1) is 0 Å². The van der Waals surface area contributed by atoms with Gasteiger partial charge in [-0.2, -0.15) is 0 Å². The smallest absolute Gasteiger partial charge is 0.326 e. The van der Waals surface area contributed by atoms with Gasteiger partial charge in [0.05, 0.1) is 56.7 Å². The van der Waals surface area contributed by atoms with E-state index in [4.69, 9.17) is 47.6 Å². The molecule has 0 aliphatic rings. The number of hydrogen-bond acceptors (Lipinski definition) is 18. The highest BCUT2D eigenvalue weighted by molar-refractivity contribution is 6.08. The predicted octanol–water partition coefficient (Wildman–Crippen LogP) is 4.14. The van der Waals surface area contributed by atoms with Crippen LogP contribution in [0, 0.1) is 0 Å². The first-order chi connectivity index (χ1) is 44.3. The summed E-state index contributed by atoms with van der Waals surface area (Å²) in [6.07, 6.45) is 4.97. The first-order valence-corrected chi connectivity index (χ1v) is 30.3. The van der Waals surface area contributed by atoms with Crippen LogP contribution in [0.5, 0.6) is 23.0 Å². The van der Waals surface area contributed by atoms with Crippen LogP contribution in [-0.4, -0.2) is 143 Å². The van der Waals surface area contributed by atoms with Crippen LogP contribution in [0.2, 0.25) is 0 Å². The molecule has 27 nitrogen and oxygen atoms in total. The van der Waals surface area contributed by atoms with Crippen molar-refractivity contribution in [1.82, 2.24) is 21.3 Å². The molecule has 0 saturated heterocycles. The summed E-state index contributed by atoms with van der Waals surface area (Å²) in [6.45, 7) is 1.38. The number of anilines is 4. The number of amides is 8. The number of hydrogen-bond donors (Lipinski definition) is 14. The number of unbranched alkanes of at least 4 members (excludes halogenated alkanes) is 4. The predicted molar refractivity (Wildman–Crippen MR) is 349 cm³/mol. The molecule has 8 amide bonds. The summed E-state index contributed by atoms with van der Waals surface area (Å²) >= 11 is 0. The van der Waals surface area contributed by atoms with Crippen LogP contribution < -0.4 is 90.2 Å². The summed E-state index contributed by atoms with van der Waals surface area (Å²) < 4.78 is 22.0. The minimum absolute atomic E-state index is 0.00272. The largest absolute Gasteiger partial charge is 0.496 e. The third kappa shape index (κ3) is 22.4. The van der Waals surface area contributed by atoms with Gasteiger partial charge in [0.1, 0.15) is 47.2 Å². The van der Waals surface area contributed by atoms with E-state index in [9.17, 15) is 48.3 Å². The zero-order valence-electron chi connectivity index (χ0n) is 52.4. The Balaban J connectivity index is 1.33. The van der Waals surface area contributed by atoms with Crippen LogP contribution in [0.1, 0.15) is 124 Å². The second kappa shape index (κ2) is 38.1. The maximum absolute atomic E-state index is 14.3. The molecule has 0 saturated carbocycles. The fourth-order valence-corrected chi connectivity index (χ4v) is 9.69.